The molecule has 0 aliphatic rings. The van der Waals surface area contributed by atoms with Gasteiger partial charge in [-0.3, -0.25) is 24.3 Å². The normalized spacial score (nSPS) is 11.8. The Kier molecular flexibility index (Phi) is 7.62. The molecule has 1 aromatic heterocycles. The van der Waals surface area contributed by atoms with Crippen molar-refractivity contribution in [1.82, 2.24) is 14.5 Å². The number of rotatable bonds is 9. The van der Waals surface area contributed by atoms with Crippen LogP contribution >= 0.6 is 0 Å². The Labute approximate surface area is 214 Å². The van der Waals surface area contributed by atoms with Crippen molar-refractivity contribution in [3.8, 4) is 11.4 Å². The number of carbonyl (C=O) groups is 1. The molecule has 1 unspecified atom stereocenters. The summed E-state index contributed by atoms with van der Waals surface area (Å²) in [5.41, 5.74) is 1.02. The summed E-state index contributed by atoms with van der Waals surface area (Å²) in [6.45, 7) is 6.46. The Morgan fingerprint density at radius 2 is 1.73 bits per heavy atom. The lowest BCUT2D eigenvalue weighted by Gasteiger charge is -2.30. The van der Waals surface area contributed by atoms with Crippen molar-refractivity contribution in [2.45, 2.75) is 33.2 Å². The van der Waals surface area contributed by atoms with Crippen molar-refractivity contribution in [2.24, 2.45) is 0 Å². The zero-order chi connectivity index (χ0) is 26.5. The number of ether oxygens (including phenoxy) is 1. The summed E-state index contributed by atoms with van der Waals surface area (Å²) in [5.74, 6) is 0.609. The first kappa shape index (κ1) is 25.6. The van der Waals surface area contributed by atoms with Crippen LogP contribution in [-0.2, 0) is 0 Å². The zero-order valence-electron chi connectivity index (χ0n) is 21.0. The molecule has 1 atom stereocenters. The molecule has 9 nitrogen and oxygen atoms in total. The fraction of sp³-hybridized carbons (Fsp3) is 0.250. The Bertz CT molecular complexity index is 1500. The third-order valence-electron chi connectivity index (χ3n) is 6.10. The molecule has 1 amide bonds. The van der Waals surface area contributed by atoms with Gasteiger partial charge in [-0.1, -0.05) is 31.2 Å². The van der Waals surface area contributed by atoms with Crippen molar-refractivity contribution < 1.29 is 14.5 Å². The molecule has 0 N–H and O–H groups in total. The van der Waals surface area contributed by atoms with Gasteiger partial charge in [0, 0.05) is 24.2 Å². The fourth-order valence-corrected chi connectivity index (χ4v) is 4.33. The molecule has 3 aromatic carbocycles. The number of carbonyl (C=O) groups excluding carboxylic acids is 1. The predicted octanol–water partition coefficient (Wildman–Crippen LogP) is 5.31. The van der Waals surface area contributed by atoms with Crippen molar-refractivity contribution in [2.75, 3.05) is 13.2 Å². The maximum atomic E-state index is 13.8. The minimum atomic E-state index is -0.602. The van der Waals surface area contributed by atoms with E-state index in [9.17, 15) is 19.7 Å². The Balaban J connectivity index is 1.89. The van der Waals surface area contributed by atoms with E-state index >= 15 is 0 Å². The SMILES string of the molecule is CCCN(C(=O)c1ccc([N+](=O)[O-])cc1)C(C)c1nc2ccccc2c(=O)n1-c1ccccc1OCC. The first-order valence-corrected chi connectivity index (χ1v) is 12.2. The van der Waals surface area contributed by atoms with Crippen LogP contribution in [0.5, 0.6) is 5.75 Å². The number of fused-ring (bicyclic) bond motifs is 1. The lowest BCUT2D eigenvalue weighted by molar-refractivity contribution is -0.384. The van der Waals surface area contributed by atoms with Crippen LogP contribution in [0.2, 0.25) is 0 Å². The maximum Gasteiger partial charge on any atom is 0.269 e. The number of nitrogens with zero attached hydrogens (tertiary/aromatic N) is 4. The summed E-state index contributed by atoms with van der Waals surface area (Å²) < 4.78 is 7.34. The molecule has 0 radical (unpaired) electrons. The third-order valence-corrected chi connectivity index (χ3v) is 6.10. The molecule has 4 aromatic rings. The Morgan fingerprint density at radius 3 is 2.41 bits per heavy atom. The number of hydrogen-bond acceptors (Lipinski definition) is 6. The fourth-order valence-electron chi connectivity index (χ4n) is 4.33. The average Bonchev–Trinajstić information content (AvgIpc) is 2.92. The lowest BCUT2D eigenvalue weighted by atomic mass is 10.1. The quantitative estimate of drug-likeness (QED) is 0.228. The highest BCUT2D eigenvalue weighted by molar-refractivity contribution is 5.94. The maximum absolute atomic E-state index is 13.8. The molecule has 0 aliphatic carbocycles. The summed E-state index contributed by atoms with van der Waals surface area (Å²) >= 11 is 0. The second-order valence-corrected chi connectivity index (χ2v) is 8.51. The molecule has 37 heavy (non-hydrogen) atoms. The zero-order valence-corrected chi connectivity index (χ0v) is 21.0. The molecule has 9 heteroatoms. The van der Waals surface area contributed by atoms with Gasteiger partial charge < -0.3 is 9.64 Å². The lowest BCUT2D eigenvalue weighted by Crippen LogP contribution is -2.38. The molecule has 0 saturated carbocycles. The molecule has 1 heterocycles. The second kappa shape index (κ2) is 11.0. The van der Waals surface area contributed by atoms with Crippen molar-refractivity contribution in [3.05, 3.63) is 105 Å². The first-order valence-electron chi connectivity index (χ1n) is 12.2. The molecule has 0 spiro atoms. The van der Waals surface area contributed by atoms with Gasteiger partial charge in [0.15, 0.2) is 0 Å². The van der Waals surface area contributed by atoms with Crippen LogP contribution in [0.25, 0.3) is 16.6 Å². The first-order chi connectivity index (χ1) is 17.9. The minimum Gasteiger partial charge on any atom is -0.492 e. The van der Waals surface area contributed by atoms with Gasteiger partial charge in [-0.2, -0.15) is 0 Å². The number of hydrogen-bond donors (Lipinski definition) is 0. The molecular formula is C28H28N4O5. The molecule has 0 bridgehead atoms. The average molecular weight is 501 g/mol. The van der Waals surface area contributed by atoms with Gasteiger partial charge in [-0.05, 0) is 56.7 Å². The van der Waals surface area contributed by atoms with E-state index in [2.05, 4.69) is 0 Å². The summed E-state index contributed by atoms with van der Waals surface area (Å²) in [5, 5.41) is 11.5. The van der Waals surface area contributed by atoms with Crippen molar-refractivity contribution >= 4 is 22.5 Å². The summed E-state index contributed by atoms with van der Waals surface area (Å²) in [7, 11) is 0. The van der Waals surface area contributed by atoms with Crippen LogP contribution in [0.15, 0.2) is 77.6 Å². The van der Waals surface area contributed by atoms with E-state index in [0.29, 0.717) is 53.3 Å². The van der Waals surface area contributed by atoms with Crippen molar-refractivity contribution in [3.63, 3.8) is 0 Å². The number of aromatic nitrogens is 2. The standard InChI is InChI=1S/C28H28N4O5/c1-4-18-30(27(33)20-14-16-21(17-15-20)32(35)36)19(3)26-29-23-11-7-6-10-22(23)28(34)31(26)24-12-8-9-13-25(24)37-5-2/h6-17,19H,4-5,18H2,1-3H3. The molecule has 0 fully saturated rings. The molecule has 4 rings (SSSR count). The van der Waals surface area contributed by atoms with E-state index in [0.717, 1.165) is 0 Å². The highest BCUT2D eigenvalue weighted by Gasteiger charge is 2.28. The topological polar surface area (TPSA) is 108 Å². The summed E-state index contributed by atoms with van der Waals surface area (Å²) in [6.07, 6.45) is 0.663. The van der Waals surface area contributed by atoms with Gasteiger partial charge in [-0.15, -0.1) is 0 Å². The van der Waals surface area contributed by atoms with Crippen LogP contribution < -0.4 is 10.3 Å². The molecular weight excluding hydrogens is 472 g/mol. The summed E-state index contributed by atoms with van der Waals surface area (Å²) in [4.78, 5) is 44.5. The monoisotopic (exact) mass is 500 g/mol. The van der Waals surface area contributed by atoms with E-state index in [-0.39, 0.29) is 17.2 Å². The Hall–Kier alpha value is -4.53. The number of amides is 1. The van der Waals surface area contributed by atoms with E-state index in [4.69, 9.17) is 9.72 Å². The number of nitro benzene ring substituents is 1. The van der Waals surface area contributed by atoms with Gasteiger partial charge in [0.2, 0.25) is 0 Å². The van der Waals surface area contributed by atoms with E-state index < -0.39 is 11.0 Å². The largest absolute Gasteiger partial charge is 0.492 e. The van der Waals surface area contributed by atoms with Gasteiger partial charge in [0.25, 0.3) is 17.2 Å². The second-order valence-electron chi connectivity index (χ2n) is 8.51. The predicted molar refractivity (Wildman–Crippen MR) is 141 cm³/mol. The minimum absolute atomic E-state index is 0.0933. The number of non-ortho nitro benzene ring substituents is 1. The molecule has 190 valence electrons. The third kappa shape index (κ3) is 5.06. The highest BCUT2D eigenvalue weighted by atomic mass is 16.6. The number of para-hydroxylation sites is 3. The van der Waals surface area contributed by atoms with Crippen LogP contribution in [0.1, 0.15) is 49.4 Å². The van der Waals surface area contributed by atoms with Crippen LogP contribution in [-0.4, -0.2) is 38.4 Å². The van der Waals surface area contributed by atoms with Crippen LogP contribution in [0, 0.1) is 10.1 Å². The van der Waals surface area contributed by atoms with E-state index in [1.807, 2.05) is 39.0 Å². The number of nitro groups is 1. The van der Waals surface area contributed by atoms with Gasteiger partial charge in [-0.25, -0.2) is 4.98 Å². The number of benzene rings is 3. The van der Waals surface area contributed by atoms with Crippen LogP contribution in [0.4, 0.5) is 5.69 Å². The highest BCUT2D eigenvalue weighted by Crippen LogP contribution is 2.29. The summed E-state index contributed by atoms with van der Waals surface area (Å²) in [6, 6.07) is 19.2. The molecule has 0 saturated heterocycles. The smallest absolute Gasteiger partial charge is 0.269 e. The van der Waals surface area contributed by atoms with Crippen LogP contribution in [0.3, 0.4) is 0 Å². The Morgan fingerprint density at radius 1 is 1.05 bits per heavy atom. The molecule has 0 aliphatic heterocycles. The van der Waals surface area contributed by atoms with Crippen molar-refractivity contribution in [1.29, 1.82) is 0 Å². The van der Waals surface area contributed by atoms with E-state index in [1.165, 1.54) is 28.8 Å². The van der Waals surface area contributed by atoms with Gasteiger partial charge >= 0.3 is 0 Å². The van der Waals surface area contributed by atoms with E-state index in [1.54, 1.807) is 35.2 Å². The van der Waals surface area contributed by atoms with Gasteiger partial charge in [0.1, 0.15) is 11.6 Å². The van der Waals surface area contributed by atoms with Gasteiger partial charge in [0.05, 0.1) is 34.2 Å².